The molecule has 0 amide bonds. The number of ether oxygens (including phenoxy) is 2. The summed E-state index contributed by atoms with van der Waals surface area (Å²) < 4.78 is 59.1. The van der Waals surface area contributed by atoms with Crippen molar-refractivity contribution in [3.05, 3.63) is 262 Å². The van der Waals surface area contributed by atoms with Gasteiger partial charge in [-0.15, -0.1) is 34.0 Å². The Morgan fingerprint density at radius 2 is 0.850 bits per heavy atom. The second kappa shape index (κ2) is 36.2. The minimum absolute atomic E-state index is 0. The number of aromatic amines is 1. The van der Waals surface area contributed by atoms with Gasteiger partial charge in [-0.05, 0) is 58.1 Å². The number of hydrogen-bond donors (Lipinski definition) is 3. The molecule has 120 heavy (non-hydrogen) atoms. The van der Waals surface area contributed by atoms with Crippen LogP contribution in [0.3, 0.4) is 0 Å². The Kier molecular flexibility index (Phi) is 26.2. The average Bonchev–Trinajstić information content (AvgIpc) is 1.59. The first-order valence-electron chi connectivity index (χ1n) is 37.7. The van der Waals surface area contributed by atoms with E-state index in [-0.39, 0.29) is 61.9 Å². The Balaban J connectivity index is 0.000000159. The van der Waals surface area contributed by atoms with Gasteiger partial charge in [0.2, 0.25) is 12.1 Å². The summed E-state index contributed by atoms with van der Waals surface area (Å²) in [6.07, 6.45) is 3.22. The summed E-state index contributed by atoms with van der Waals surface area (Å²) >= 11 is 4.07. The third-order valence-corrected chi connectivity index (χ3v) is 26.9. The predicted octanol–water partition coefficient (Wildman–Crippen LogP) is 11.3. The summed E-state index contributed by atoms with van der Waals surface area (Å²) in [6.45, 7) is 17.2. The number of carbonyl (C=O) groups is 2. The summed E-state index contributed by atoms with van der Waals surface area (Å²) in [5.74, 6) is -0.133. The number of aromatic nitrogens is 18. The minimum atomic E-state index is -4.64. The Morgan fingerprint density at radius 3 is 1.25 bits per heavy atom. The number of aldehydes is 1. The zero-order valence-electron chi connectivity index (χ0n) is 68.2. The number of thiazole rings is 3. The number of H-pyrrole nitrogens is 1. The fourth-order valence-electron chi connectivity index (χ4n) is 13.9. The van der Waals surface area contributed by atoms with Crippen LogP contribution in [0.1, 0.15) is 66.8 Å². The van der Waals surface area contributed by atoms with Gasteiger partial charge >= 0.3 is 35.7 Å². The van der Waals surface area contributed by atoms with Gasteiger partial charge in [-0.25, -0.2) is 38.4 Å². The van der Waals surface area contributed by atoms with E-state index in [4.69, 9.17) is 19.3 Å². The van der Waals surface area contributed by atoms with E-state index in [1.165, 1.54) is 48.1 Å². The van der Waals surface area contributed by atoms with Gasteiger partial charge in [0.05, 0.1) is 87.5 Å². The maximum atomic E-state index is 13.6. The van der Waals surface area contributed by atoms with Crippen LogP contribution in [0.5, 0.6) is 0 Å². The Hall–Kier alpha value is -10.9. The number of ketones is 1. The zero-order valence-corrected chi connectivity index (χ0v) is 73.7. The molecule has 6 aromatic carbocycles. The molecular weight excluding hydrogens is 1640 g/mol. The molecule has 0 aliphatic rings. The van der Waals surface area contributed by atoms with E-state index in [1.54, 1.807) is 57.7 Å². The van der Waals surface area contributed by atoms with Crippen molar-refractivity contribution in [2.24, 2.45) is 21.1 Å². The molecule has 0 aliphatic carbocycles. The second-order valence-corrected chi connectivity index (χ2v) is 45.1. The molecule has 27 nitrogen and oxygen atoms in total. The van der Waals surface area contributed by atoms with Crippen LogP contribution in [0, 0.1) is 0 Å². The molecule has 3 radical (unpaired) electrons. The van der Waals surface area contributed by atoms with Gasteiger partial charge in [-0.2, -0.15) is 43.8 Å². The van der Waals surface area contributed by atoms with Gasteiger partial charge in [0.1, 0.15) is 52.2 Å². The number of fused-ring (bicyclic) bond motifs is 12. The Bertz CT molecular complexity index is 6980. The van der Waals surface area contributed by atoms with Crippen LogP contribution in [0.25, 0.3) is 96.5 Å². The van der Waals surface area contributed by atoms with Crippen LogP contribution in [0.4, 0.5) is 13.2 Å². The van der Waals surface area contributed by atoms with Crippen molar-refractivity contribution in [1.29, 1.82) is 0 Å². The first-order valence-corrected chi connectivity index (χ1v) is 47.5. The number of nitrogens with one attached hydrogen (secondary N) is 1. The summed E-state index contributed by atoms with van der Waals surface area (Å²) in [5, 5.41) is 57.9. The number of nitrogens with zero attached hydrogens (tertiary/aromatic N) is 17. The van der Waals surface area contributed by atoms with Gasteiger partial charge in [0.15, 0.2) is 21.9 Å². The van der Waals surface area contributed by atoms with Crippen molar-refractivity contribution in [3.63, 3.8) is 0 Å². The smallest absolute Gasteiger partial charge is 1.00 e. The van der Waals surface area contributed by atoms with E-state index < -0.39 is 40.8 Å². The molecule has 0 saturated carbocycles. The van der Waals surface area contributed by atoms with Crippen LogP contribution >= 0.6 is 34.0 Å². The summed E-state index contributed by atoms with van der Waals surface area (Å²) in [4.78, 5) is 76.2. The number of hydrogen-bond acceptors (Lipinski definition) is 21. The third-order valence-electron chi connectivity index (χ3n) is 20.2. The van der Waals surface area contributed by atoms with Crippen molar-refractivity contribution in [2.75, 3.05) is 13.2 Å². The molecule has 18 rings (SSSR count). The molecule has 0 fully saturated rings. The van der Waals surface area contributed by atoms with Crippen molar-refractivity contribution >= 4 is 167 Å². The molecule has 2 unspecified atom stereocenters. The van der Waals surface area contributed by atoms with E-state index in [9.17, 15) is 42.6 Å². The van der Waals surface area contributed by atoms with Crippen LogP contribution in [-0.2, 0) is 68.5 Å². The number of rotatable bonds is 22. The number of carbonyl (C=O) groups excluding carboxylic acids is 2. The number of aryl methyl sites for hydroxylation is 3. The number of halogens is 3. The molecular formula is C83H82BF3N18NaO9S3Si2. The third kappa shape index (κ3) is 18.3. The molecule has 0 spiro atoms. The van der Waals surface area contributed by atoms with Gasteiger partial charge in [-0.1, -0.05) is 167 Å². The van der Waals surface area contributed by atoms with Crippen LogP contribution in [0.15, 0.2) is 197 Å². The maximum Gasteiger partial charge on any atom is 1.00 e. The quantitative estimate of drug-likeness (QED) is 0.0246. The van der Waals surface area contributed by atoms with Crippen molar-refractivity contribution < 1.29 is 73.4 Å². The topological polar surface area (TPSA) is 316 Å². The minimum Gasteiger partial charge on any atom is -1.00 e. The number of benzene rings is 6. The van der Waals surface area contributed by atoms with E-state index in [1.807, 2.05) is 169 Å². The second-order valence-electron chi connectivity index (χ2n) is 30.8. The fraction of sp³-hybridized carbons (Fsp3) is 0.253. The zero-order chi connectivity index (χ0) is 83.1. The van der Waals surface area contributed by atoms with Gasteiger partial charge in [0, 0.05) is 96.8 Å². The summed E-state index contributed by atoms with van der Waals surface area (Å²) in [6, 6.07) is 48.0. The van der Waals surface area contributed by atoms with Gasteiger partial charge < -0.3 is 34.8 Å². The monoisotopic (exact) mass is 1720 g/mol. The van der Waals surface area contributed by atoms with Crippen molar-refractivity contribution in [1.82, 2.24) is 87.8 Å². The van der Waals surface area contributed by atoms with Crippen LogP contribution in [0.2, 0.25) is 51.4 Å². The Labute approximate surface area is 722 Å². The predicted molar refractivity (Wildman–Crippen MR) is 465 cm³/mol. The molecule has 609 valence electrons. The van der Waals surface area contributed by atoms with Gasteiger partial charge in [-0.3, -0.25) is 29.1 Å². The normalized spacial score (nSPS) is 12.4. The standard InChI is InChI=1S/C29H32N6O3SSi.C29H30N6O3SSi.C23H18N6O2S.C2HF3O.B.Na.H/c2*1-33-24-22(26-27(33)32-28(39-26)25(36)19-9-6-5-7-10-19)16-30-34(29(24)37)17-20-11-8-12-23-21(20)15-31-35(23)18-38-13-14-40(2,3)4;1-28-18-16(20-21(28)26-22(32-20)19(30)13-6-3-2-4-7-13)11-25-29(23(18)31)12-14-8-5-9-17-15(14)10-24-27-17;3-2(4,5)1-6;;;/h5-12,15-16,25,36H,13-14,17-18H2,1-4H3;5-12,15-16H,13-14,17-18H2,1-4H3;2-11,19,30H,12H2,1H3,(H,24,27);1H;;;/q;;;;;+1;-1. The average molecular weight is 1720 g/mol. The largest absolute Gasteiger partial charge is 1.00 e. The SMILES string of the molecule is Cn1c2nc(C(=O)c3ccccc3)sc2c2cnn(Cc3cccc4c3cnn4COCC[Si](C)(C)C)c(=O)c21.Cn1c2nc(C(O)c3ccccc3)sc2c2cnn(Cc3cccc4[nH]ncc34)c(=O)c21.Cn1c2nc(C(O)c3ccccc3)sc2c2cnn(Cc3cccc4c3cnn4COCC[Si](C)(C)C)c(=O)c21.O=CC(F)(F)F.[B].[H-].[Na+]. The van der Waals surface area contributed by atoms with Crippen molar-refractivity contribution in [2.45, 2.75) is 103 Å². The summed E-state index contributed by atoms with van der Waals surface area (Å²) in [7, 11) is 3.15. The van der Waals surface area contributed by atoms with E-state index in [0.29, 0.717) is 92.6 Å². The molecule has 12 aromatic heterocycles. The van der Waals surface area contributed by atoms with Crippen LogP contribution in [-0.4, -0.2) is 154 Å². The van der Waals surface area contributed by atoms with E-state index in [2.05, 4.69) is 84.9 Å². The van der Waals surface area contributed by atoms with E-state index >= 15 is 0 Å². The number of aliphatic hydroxyl groups excluding tert-OH is 2. The molecule has 12 heterocycles. The maximum absolute atomic E-state index is 13.6. The molecule has 0 bridgehead atoms. The van der Waals surface area contributed by atoms with E-state index in [0.717, 1.165) is 111 Å². The van der Waals surface area contributed by atoms with Gasteiger partial charge in [0.25, 0.3) is 16.7 Å². The molecule has 37 heteroatoms. The first-order chi connectivity index (χ1) is 56.6. The molecule has 0 saturated heterocycles. The molecule has 0 aliphatic heterocycles. The molecule has 2 atom stereocenters. The van der Waals surface area contributed by atoms with Crippen molar-refractivity contribution in [3.8, 4) is 0 Å². The molecule has 3 N–H and O–H groups in total. The number of alkyl halides is 3. The summed E-state index contributed by atoms with van der Waals surface area (Å²) in [5.41, 5.74) is 10.8. The first kappa shape index (κ1) is 87.0. The number of aliphatic hydroxyl groups is 2. The Morgan fingerprint density at radius 1 is 0.492 bits per heavy atom. The molecule has 18 aromatic rings. The fourth-order valence-corrected chi connectivity index (χ4v) is 18.7. The van der Waals surface area contributed by atoms with Crippen LogP contribution < -0.4 is 46.2 Å².